The van der Waals surface area contributed by atoms with Gasteiger partial charge in [-0.3, -0.25) is 4.57 Å². The van der Waals surface area contributed by atoms with Crippen LogP contribution in [0.5, 0.6) is 0 Å². The van der Waals surface area contributed by atoms with Crippen molar-refractivity contribution in [1.82, 2.24) is 0 Å². The fraction of sp³-hybridized carbons (Fsp3) is 1.00. The van der Waals surface area contributed by atoms with Crippen LogP contribution in [0.1, 0.15) is 47.5 Å². The van der Waals surface area contributed by atoms with E-state index in [0.29, 0.717) is 13.2 Å². The smallest absolute Gasteiger partial charge is 0.334 e. The number of ether oxygens (including phenoxy) is 1. The maximum atomic E-state index is 12.9. The monoisotopic (exact) mass is 264 g/mol. The first-order valence-electron chi connectivity index (χ1n) is 6.29. The van der Waals surface area contributed by atoms with Crippen molar-refractivity contribution < 1.29 is 18.3 Å². The minimum Gasteiger partial charge on any atom is -0.381 e. The molecule has 0 spiro atoms. The molecule has 17 heavy (non-hydrogen) atoms. The van der Waals surface area contributed by atoms with Gasteiger partial charge in [-0.05, 0) is 47.5 Å². The minimum absolute atomic E-state index is 0.0297. The maximum absolute atomic E-state index is 12.9. The fourth-order valence-corrected chi connectivity index (χ4v) is 4.42. The van der Waals surface area contributed by atoms with Crippen LogP contribution in [-0.4, -0.2) is 30.6 Å². The van der Waals surface area contributed by atoms with Crippen molar-refractivity contribution in [3.05, 3.63) is 0 Å². The van der Waals surface area contributed by atoms with Crippen LogP contribution < -0.4 is 0 Å². The van der Waals surface area contributed by atoms with Crippen LogP contribution in [0.4, 0.5) is 0 Å². The third-order valence-corrected chi connectivity index (χ3v) is 5.33. The third kappa shape index (κ3) is 5.09. The summed E-state index contributed by atoms with van der Waals surface area (Å²) in [6.07, 6.45) is 1.41. The van der Waals surface area contributed by atoms with E-state index in [0.717, 1.165) is 12.8 Å². The summed E-state index contributed by atoms with van der Waals surface area (Å²) in [5.41, 5.74) is -0.485. The van der Waals surface area contributed by atoms with Crippen LogP contribution in [0, 0.1) is 0 Å². The zero-order valence-electron chi connectivity index (χ0n) is 11.6. The van der Waals surface area contributed by atoms with Crippen molar-refractivity contribution in [1.29, 1.82) is 0 Å². The molecule has 1 rings (SSSR count). The van der Waals surface area contributed by atoms with Gasteiger partial charge < -0.3 is 13.8 Å². The van der Waals surface area contributed by atoms with Gasteiger partial charge in [0.15, 0.2) is 0 Å². The Morgan fingerprint density at radius 2 is 1.76 bits per heavy atom. The molecule has 0 aliphatic carbocycles. The van der Waals surface area contributed by atoms with Gasteiger partial charge in [-0.15, -0.1) is 0 Å². The molecule has 1 atom stereocenters. The molecule has 0 aromatic carbocycles. The van der Waals surface area contributed by atoms with Crippen LogP contribution in [-0.2, 0) is 18.3 Å². The Bertz CT molecular complexity index is 277. The van der Waals surface area contributed by atoms with Gasteiger partial charge in [0.2, 0.25) is 0 Å². The van der Waals surface area contributed by atoms with Crippen LogP contribution >= 0.6 is 7.60 Å². The summed E-state index contributed by atoms with van der Waals surface area (Å²) in [4.78, 5) is 0. The molecule has 102 valence electrons. The van der Waals surface area contributed by atoms with E-state index in [1.807, 2.05) is 34.6 Å². The van der Waals surface area contributed by atoms with Gasteiger partial charge in [-0.1, -0.05) is 0 Å². The van der Waals surface area contributed by atoms with E-state index in [1.165, 1.54) is 0 Å². The van der Waals surface area contributed by atoms with E-state index in [2.05, 4.69) is 0 Å². The van der Waals surface area contributed by atoms with Crippen molar-refractivity contribution in [2.75, 3.05) is 13.2 Å². The van der Waals surface area contributed by atoms with Crippen molar-refractivity contribution in [2.45, 2.75) is 64.8 Å². The van der Waals surface area contributed by atoms with Gasteiger partial charge in [0.1, 0.15) is 0 Å². The van der Waals surface area contributed by atoms with E-state index in [4.69, 9.17) is 13.8 Å². The zero-order chi connectivity index (χ0) is 13.1. The van der Waals surface area contributed by atoms with Gasteiger partial charge in [0, 0.05) is 13.2 Å². The second-order valence-electron chi connectivity index (χ2n) is 5.74. The fourth-order valence-electron chi connectivity index (χ4n) is 1.86. The predicted molar refractivity (Wildman–Crippen MR) is 68.5 cm³/mol. The molecule has 0 saturated carbocycles. The molecule has 0 aromatic heterocycles. The molecule has 5 heteroatoms. The van der Waals surface area contributed by atoms with E-state index in [1.54, 1.807) is 0 Å². The molecule has 1 unspecified atom stereocenters. The predicted octanol–water partition coefficient (Wildman–Crippen LogP) is 3.60. The highest BCUT2D eigenvalue weighted by molar-refractivity contribution is 7.54. The Hall–Kier alpha value is 0.110. The SMILES string of the molecule is CC(C)OP(=O)(OC(C)(C)C)C1CCOCC1. The molecule has 4 nitrogen and oxygen atoms in total. The minimum atomic E-state index is -3.05. The van der Waals surface area contributed by atoms with Crippen molar-refractivity contribution in [2.24, 2.45) is 0 Å². The Balaban J connectivity index is 2.80. The summed E-state index contributed by atoms with van der Waals surface area (Å²) < 4.78 is 29.6. The molecular weight excluding hydrogens is 239 g/mol. The molecular formula is C12H25O4P. The lowest BCUT2D eigenvalue weighted by Crippen LogP contribution is -2.28. The van der Waals surface area contributed by atoms with E-state index in [9.17, 15) is 4.57 Å². The van der Waals surface area contributed by atoms with E-state index < -0.39 is 13.2 Å². The highest BCUT2D eigenvalue weighted by Crippen LogP contribution is 2.59. The first-order chi connectivity index (χ1) is 7.73. The molecule has 1 aliphatic rings. The summed E-state index contributed by atoms with van der Waals surface area (Å²) in [5, 5.41) is 0. The van der Waals surface area contributed by atoms with Crippen LogP contribution in [0.15, 0.2) is 0 Å². The van der Waals surface area contributed by atoms with Gasteiger partial charge in [0.25, 0.3) is 0 Å². The topological polar surface area (TPSA) is 44.8 Å². The lowest BCUT2D eigenvalue weighted by atomic mass is 10.2. The molecule has 1 saturated heterocycles. The first-order valence-corrected chi connectivity index (χ1v) is 7.91. The molecule has 0 radical (unpaired) electrons. The first kappa shape index (κ1) is 15.2. The number of hydrogen-bond donors (Lipinski definition) is 0. The molecule has 0 aromatic rings. The molecule has 1 heterocycles. The average molecular weight is 264 g/mol. The Morgan fingerprint density at radius 3 is 2.18 bits per heavy atom. The van der Waals surface area contributed by atoms with Gasteiger partial charge >= 0.3 is 7.60 Å². The van der Waals surface area contributed by atoms with E-state index in [-0.39, 0.29) is 11.8 Å². The lowest BCUT2D eigenvalue weighted by molar-refractivity contribution is 0.0562. The Kier molecular flexibility index (Phi) is 5.21. The number of hydrogen-bond acceptors (Lipinski definition) is 4. The highest BCUT2D eigenvalue weighted by atomic mass is 31.2. The molecule has 1 fully saturated rings. The van der Waals surface area contributed by atoms with Gasteiger partial charge in [-0.25, -0.2) is 0 Å². The summed E-state index contributed by atoms with van der Waals surface area (Å²) in [6, 6.07) is 0. The van der Waals surface area contributed by atoms with Gasteiger partial charge in [0.05, 0.1) is 17.4 Å². The van der Waals surface area contributed by atoms with Crippen molar-refractivity contribution in [3.63, 3.8) is 0 Å². The zero-order valence-corrected chi connectivity index (χ0v) is 12.5. The largest absolute Gasteiger partial charge is 0.381 e. The van der Waals surface area contributed by atoms with Crippen molar-refractivity contribution in [3.8, 4) is 0 Å². The van der Waals surface area contributed by atoms with Crippen molar-refractivity contribution >= 4 is 7.60 Å². The Morgan fingerprint density at radius 1 is 1.24 bits per heavy atom. The summed E-state index contributed by atoms with van der Waals surface area (Å²) in [5.74, 6) is 0. The standard InChI is InChI=1S/C12H25O4P/c1-10(2)15-17(13,16-12(3,4)5)11-6-8-14-9-7-11/h10-11H,6-9H2,1-5H3. The normalized spacial score (nSPS) is 22.7. The third-order valence-electron chi connectivity index (χ3n) is 2.40. The lowest BCUT2D eigenvalue weighted by Gasteiger charge is -2.35. The van der Waals surface area contributed by atoms with E-state index >= 15 is 0 Å². The second kappa shape index (κ2) is 5.83. The molecule has 0 N–H and O–H groups in total. The van der Waals surface area contributed by atoms with Crippen LogP contribution in [0.25, 0.3) is 0 Å². The molecule has 0 amide bonds. The molecule has 1 aliphatic heterocycles. The quantitative estimate of drug-likeness (QED) is 0.728. The summed E-state index contributed by atoms with van der Waals surface area (Å²) in [6.45, 7) is 10.8. The average Bonchev–Trinajstić information content (AvgIpc) is 2.14. The maximum Gasteiger partial charge on any atom is 0.334 e. The summed E-state index contributed by atoms with van der Waals surface area (Å²) in [7, 11) is -3.05. The second-order valence-corrected chi connectivity index (χ2v) is 7.94. The van der Waals surface area contributed by atoms with Gasteiger partial charge in [-0.2, -0.15) is 0 Å². The van der Waals surface area contributed by atoms with Crippen LogP contribution in [0.2, 0.25) is 0 Å². The Labute approximate surface area is 105 Å². The molecule has 0 bridgehead atoms. The summed E-state index contributed by atoms with van der Waals surface area (Å²) >= 11 is 0. The highest BCUT2D eigenvalue weighted by Gasteiger charge is 2.40. The number of rotatable bonds is 4. The van der Waals surface area contributed by atoms with Crippen LogP contribution in [0.3, 0.4) is 0 Å².